The average Bonchev–Trinajstić information content (AvgIpc) is 2.37. The van der Waals surface area contributed by atoms with Crippen LogP contribution in [-0.2, 0) is 4.79 Å². The van der Waals surface area contributed by atoms with Crippen molar-refractivity contribution in [3.63, 3.8) is 0 Å². The molecule has 2 amide bonds. The first-order valence-corrected chi connectivity index (χ1v) is 6.91. The molecule has 1 aliphatic rings. The summed E-state index contributed by atoms with van der Waals surface area (Å²) in [5, 5.41) is 9.34. The van der Waals surface area contributed by atoms with Crippen LogP contribution in [0, 0.1) is 5.41 Å². The highest BCUT2D eigenvalue weighted by Crippen LogP contribution is 2.36. The summed E-state index contributed by atoms with van der Waals surface area (Å²) in [6.45, 7) is 0.932. The van der Waals surface area contributed by atoms with Gasteiger partial charge in [-0.3, -0.25) is 4.79 Å². The molecule has 0 spiro atoms. The second-order valence-electron chi connectivity index (χ2n) is 5.58. The molecule has 5 nitrogen and oxygen atoms in total. The van der Waals surface area contributed by atoms with E-state index in [0.29, 0.717) is 17.7 Å². The number of carbonyl (C=O) groups is 2. The van der Waals surface area contributed by atoms with Gasteiger partial charge < -0.3 is 14.9 Å². The number of likely N-dealkylation sites (tertiary alicyclic amines) is 1. The molecule has 122 valence electrons. The SMILES string of the molecule is CCCC1(C(=O)O)CCN(C(=O)N(C)CC(F)(F)F)CC1. The van der Waals surface area contributed by atoms with Crippen LogP contribution in [0.25, 0.3) is 0 Å². The second-order valence-corrected chi connectivity index (χ2v) is 5.58. The van der Waals surface area contributed by atoms with Gasteiger partial charge in [0.15, 0.2) is 0 Å². The van der Waals surface area contributed by atoms with Crippen LogP contribution in [0.5, 0.6) is 0 Å². The van der Waals surface area contributed by atoms with E-state index >= 15 is 0 Å². The molecule has 1 fully saturated rings. The zero-order valence-electron chi connectivity index (χ0n) is 12.2. The van der Waals surface area contributed by atoms with Gasteiger partial charge in [-0.05, 0) is 19.3 Å². The molecule has 1 N–H and O–H groups in total. The molecule has 0 unspecified atom stereocenters. The number of hydrogen-bond acceptors (Lipinski definition) is 2. The molecule has 1 aliphatic heterocycles. The van der Waals surface area contributed by atoms with Gasteiger partial charge in [0.2, 0.25) is 0 Å². The Kier molecular flexibility index (Phi) is 5.47. The Morgan fingerprint density at radius 1 is 1.29 bits per heavy atom. The van der Waals surface area contributed by atoms with Crippen LogP contribution < -0.4 is 0 Å². The minimum Gasteiger partial charge on any atom is -0.481 e. The van der Waals surface area contributed by atoms with Crippen LogP contribution in [0.3, 0.4) is 0 Å². The number of amides is 2. The zero-order valence-corrected chi connectivity index (χ0v) is 12.2. The fraction of sp³-hybridized carbons (Fsp3) is 0.846. The minimum atomic E-state index is -4.44. The molecule has 0 aromatic carbocycles. The fourth-order valence-corrected chi connectivity index (χ4v) is 2.75. The molecule has 0 atom stereocenters. The number of hydrogen-bond donors (Lipinski definition) is 1. The Morgan fingerprint density at radius 3 is 2.19 bits per heavy atom. The van der Waals surface area contributed by atoms with Crippen molar-refractivity contribution < 1.29 is 27.9 Å². The Bertz CT molecular complexity index is 391. The van der Waals surface area contributed by atoms with Gasteiger partial charge in [-0.1, -0.05) is 13.3 Å². The van der Waals surface area contributed by atoms with Crippen molar-refractivity contribution in [3.05, 3.63) is 0 Å². The van der Waals surface area contributed by atoms with E-state index in [9.17, 15) is 27.9 Å². The number of carboxylic acids is 1. The van der Waals surface area contributed by atoms with Gasteiger partial charge in [0.25, 0.3) is 0 Å². The van der Waals surface area contributed by atoms with Crippen LogP contribution in [0.1, 0.15) is 32.6 Å². The third-order valence-electron chi connectivity index (χ3n) is 3.92. The lowest BCUT2D eigenvalue weighted by Gasteiger charge is -2.40. The molecule has 1 saturated heterocycles. The van der Waals surface area contributed by atoms with E-state index in [1.807, 2.05) is 6.92 Å². The Balaban J connectivity index is 2.63. The van der Waals surface area contributed by atoms with Crippen molar-refractivity contribution in [2.45, 2.75) is 38.8 Å². The Hall–Kier alpha value is -1.47. The number of halogens is 3. The van der Waals surface area contributed by atoms with E-state index in [0.717, 1.165) is 7.05 Å². The number of carbonyl (C=O) groups excluding carboxylic acids is 1. The number of piperidine rings is 1. The first-order chi connectivity index (χ1) is 9.61. The maximum absolute atomic E-state index is 12.3. The molecule has 0 aromatic rings. The maximum Gasteiger partial charge on any atom is 0.406 e. The van der Waals surface area contributed by atoms with Crippen molar-refractivity contribution in [1.29, 1.82) is 0 Å². The number of nitrogens with zero attached hydrogens (tertiary/aromatic N) is 2. The van der Waals surface area contributed by atoms with E-state index in [-0.39, 0.29) is 25.9 Å². The lowest BCUT2D eigenvalue weighted by atomic mass is 9.75. The molecular formula is C13H21F3N2O3. The topological polar surface area (TPSA) is 60.9 Å². The van der Waals surface area contributed by atoms with E-state index in [1.54, 1.807) is 0 Å². The lowest BCUT2D eigenvalue weighted by molar-refractivity contribution is -0.152. The van der Waals surface area contributed by atoms with Gasteiger partial charge in [-0.2, -0.15) is 13.2 Å². The number of carboxylic acid groups (broad SMARTS) is 1. The van der Waals surface area contributed by atoms with Crippen molar-refractivity contribution >= 4 is 12.0 Å². The third-order valence-corrected chi connectivity index (χ3v) is 3.92. The summed E-state index contributed by atoms with van der Waals surface area (Å²) in [7, 11) is 1.10. The van der Waals surface area contributed by atoms with Crippen LogP contribution in [-0.4, -0.2) is 59.8 Å². The van der Waals surface area contributed by atoms with Gasteiger partial charge in [0, 0.05) is 20.1 Å². The third kappa shape index (κ3) is 4.50. The van der Waals surface area contributed by atoms with Crippen molar-refractivity contribution in [2.75, 3.05) is 26.7 Å². The van der Waals surface area contributed by atoms with Gasteiger partial charge in [-0.15, -0.1) is 0 Å². The average molecular weight is 310 g/mol. The summed E-state index contributed by atoms with van der Waals surface area (Å²) in [5.74, 6) is -0.889. The molecule has 0 aliphatic carbocycles. The predicted octanol–water partition coefficient (Wildman–Crippen LogP) is 2.57. The first-order valence-electron chi connectivity index (χ1n) is 6.91. The number of aliphatic carboxylic acids is 1. The van der Waals surface area contributed by atoms with Crippen LogP contribution >= 0.6 is 0 Å². The molecule has 1 rings (SSSR count). The van der Waals surface area contributed by atoms with Gasteiger partial charge >= 0.3 is 18.2 Å². The lowest BCUT2D eigenvalue weighted by Crippen LogP contribution is -2.51. The van der Waals surface area contributed by atoms with Crippen molar-refractivity contribution in [2.24, 2.45) is 5.41 Å². The minimum absolute atomic E-state index is 0.174. The first kappa shape index (κ1) is 17.6. The number of urea groups is 1. The molecule has 0 saturated carbocycles. The summed E-state index contributed by atoms with van der Waals surface area (Å²) in [6, 6.07) is -0.706. The fourth-order valence-electron chi connectivity index (χ4n) is 2.75. The van der Waals surface area contributed by atoms with E-state index in [1.165, 1.54) is 4.90 Å². The van der Waals surface area contributed by atoms with Gasteiger partial charge in [0.1, 0.15) is 6.54 Å². The molecule has 21 heavy (non-hydrogen) atoms. The quantitative estimate of drug-likeness (QED) is 0.868. The van der Waals surface area contributed by atoms with Crippen molar-refractivity contribution in [3.8, 4) is 0 Å². The Morgan fingerprint density at radius 2 is 1.81 bits per heavy atom. The standard InChI is InChI=1S/C13H21F3N2O3/c1-3-4-12(10(19)20)5-7-18(8-6-12)11(21)17(2)9-13(14,15)16/h3-9H2,1-2H3,(H,19,20). The van der Waals surface area contributed by atoms with E-state index in [2.05, 4.69) is 0 Å². The largest absolute Gasteiger partial charge is 0.481 e. The summed E-state index contributed by atoms with van der Waals surface area (Å²) < 4.78 is 36.8. The molecule has 0 aromatic heterocycles. The highest BCUT2D eigenvalue weighted by molar-refractivity contribution is 5.77. The van der Waals surface area contributed by atoms with Gasteiger partial charge in [0.05, 0.1) is 5.41 Å². The number of rotatable bonds is 4. The summed E-state index contributed by atoms with van der Waals surface area (Å²) >= 11 is 0. The van der Waals surface area contributed by atoms with Crippen LogP contribution in [0.2, 0.25) is 0 Å². The maximum atomic E-state index is 12.3. The molecular weight excluding hydrogens is 289 g/mol. The summed E-state index contributed by atoms with van der Waals surface area (Å²) in [6.07, 6.45) is -2.65. The molecule has 8 heteroatoms. The van der Waals surface area contributed by atoms with E-state index in [4.69, 9.17) is 0 Å². The van der Waals surface area contributed by atoms with Crippen LogP contribution in [0.4, 0.5) is 18.0 Å². The zero-order chi connectivity index (χ0) is 16.3. The van der Waals surface area contributed by atoms with E-state index < -0.39 is 30.1 Å². The molecule has 0 bridgehead atoms. The predicted molar refractivity (Wildman–Crippen MR) is 69.9 cm³/mol. The normalized spacial score (nSPS) is 18.4. The molecule has 0 radical (unpaired) electrons. The Labute approximate surface area is 121 Å². The summed E-state index contributed by atoms with van der Waals surface area (Å²) in [5.41, 5.74) is -0.853. The highest BCUT2D eigenvalue weighted by Gasteiger charge is 2.42. The highest BCUT2D eigenvalue weighted by atomic mass is 19.4. The van der Waals surface area contributed by atoms with Gasteiger partial charge in [-0.25, -0.2) is 4.79 Å². The molecule has 1 heterocycles. The summed E-state index contributed by atoms with van der Waals surface area (Å²) in [4.78, 5) is 25.2. The second kappa shape index (κ2) is 6.53. The smallest absolute Gasteiger partial charge is 0.406 e. The monoisotopic (exact) mass is 310 g/mol. The number of alkyl halides is 3. The van der Waals surface area contributed by atoms with Crippen molar-refractivity contribution in [1.82, 2.24) is 9.80 Å². The van der Waals surface area contributed by atoms with Crippen LogP contribution in [0.15, 0.2) is 0 Å².